The standard InChI is InChI=1S/C16H14BrNO3/c1-11(19)12-5-7-14(8-6-12)18-16(20)10-21-15-4-2-3-13(17)9-15/h2-9H,10H2,1H3,(H,18,20). The van der Waals surface area contributed by atoms with Crippen molar-refractivity contribution in [1.29, 1.82) is 0 Å². The van der Waals surface area contributed by atoms with Gasteiger partial charge in [0.2, 0.25) is 0 Å². The minimum atomic E-state index is -0.259. The highest BCUT2D eigenvalue weighted by Gasteiger charge is 2.05. The number of ketones is 1. The van der Waals surface area contributed by atoms with Crippen LogP contribution in [0.2, 0.25) is 0 Å². The second-order valence-corrected chi connectivity index (χ2v) is 5.34. The van der Waals surface area contributed by atoms with E-state index in [-0.39, 0.29) is 18.3 Å². The van der Waals surface area contributed by atoms with E-state index in [0.717, 1.165) is 4.47 Å². The third-order valence-corrected chi connectivity index (χ3v) is 3.23. The molecule has 0 bridgehead atoms. The van der Waals surface area contributed by atoms with Crippen molar-refractivity contribution in [3.05, 3.63) is 58.6 Å². The summed E-state index contributed by atoms with van der Waals surface area (Å²) >= 11 is 3.33. The van der Waals surface area contributed by atoms with E-state index >= 15 is 0 Å². The van der Waals surface area contributed by atoms with Gasteiger partial charge in [-0.1, -0.05) is 22.0 Å². The molecule has 0 spiro atoms. The molecule has 0 atom stereocenters. The lowest BCUT2D eigenvalue weighted by Crippen LogP contribution is -2.20. The Hall–Kier alpha value is -2.14. The van der Waals surface area contributed by atoms with Crippen LogP contribution in [0.4, 0.5) is 5.69 Å². The molecule has 1 N–H and O–H groups in total. The molecule has 2 rings (SSSR count). The Morgan fingerprint density at radius 1 is 1.14 bits per heavy atom. The zero-order valence-electron chi connectivity index (χ0n) is 11.4. The van der Waals surface area contributed by atoms with Crippen LogP contribution in [0.5, 0.6) is 5.75 Å². The number of rotatable bonds is 5. The molecule has 21 heavy (non-hydrogen) atoms. The molecule has 2 aromatic rings. The third-order valence-electron chi connectivity index (χ3n) is 2.74. The first-order chi connectivity index (χ1) is 10.0. The van der Waals surface area contributed by atoms with Crippen LogP contribution in [-0.2, 0) is 4.79 Å². The molecule has 0 aliphatic heterocycles. The van der Waals surface area contributed by atoms with Crippen LogP contribution < -0.4 is 10.1 Å². The van der Waals surface area contributed by atoms with Crippen molar-refractivity contribution in [2.45, 2.75) is 6.92 Å². The maximum absolute atomic E-state index is 11.8. The predicted octanol–water partition coefficient (Wildman–Crippen LogP) is 3.67. The van der Waals surface area contributed by atoms with E-state index < -0.39 is 0 Å². The molecule has 5 heteroatoms. The number of nitrogens with one attached hydrogen (secondary N) is 1. The SMILES string of the molecule is CC(=O)c1ccc(NC(=O)COc2cccc(Br)c2)cc1. The number of ether oxygens (including phenoxy) is 1. The van der Waals surface area contributed by atoms with Crippen LogP contribution in [0.25, 0.3) is 0 Å². The van der Waals surface area contributed by atoms with Crippen LogP contribution in [-0.4, -0.2) is 18.3 Å². The first kappa shape index (κ1) is 15.3. The van der Waals surface area contributed by atoms with Crippen LogP contribution >= 0.6 is 15.9 Å². The Balaban J connectivity index is 1.88. The fraction of sp³-hybridized carbons (Fsp3) is 0.125. The number of halogens is 1. The topological polar surface area (TPSA) is 55.4 Å². The van der Waals surface area contributed by atoms with Gasteiger partial charge in [-0.15, -0.1) is 0 Å². The largest absolute Gasteiger partial charge is 0.484 e. The molecule has 0 aromatic heterocycles. The maximum atomic E-state index is 11.8. The first-order valence-electron chi connectivity index (χ1n) is 6.34. The molecule has 4 nitrogen and oxygen atoms in total. The molecule has 0 heterocycles. The van der Waals surface area contributed by atoms with Gasteiger partial charge >= 0.3 is 0 Å². The maximum Gasteiger partial charge on any atom is 0.262 e. The van der Waals surface area contributed by atoms with Crippen LogP contribution in [0.3, 0.4) is 0 Å². The molecule has 108 valence electrons. The minimum Gasteiger partial charge on any atom is -0.484 e. The van der Waals surface area contributed by atoms with Crippen molar-refractivity contribution in [1.82, 2.24) is 0 Å². The summed E-state index contributed by atoms with van der Waals surface area (Å²) in [6, 6.07) is 14.0. The average molecular weight is 348 g/mol. The van der Waals surface area contributed by atoms with E-state index in [0.29, 0.717) is 17.0 Å². The molecule has 1 amide bonds. The summed E-state index contributed by atoms with van der Waals surface area (Å²) < 4.78 is 6.28. The first-order valence-corrected chi connectivity index (χ1v) is 7.13. The summed E-state index contributed by atoms with van der Waals surface area (Å²) in [6.07, 6.45) is 0. The van der Waals surface area contributed by atoms with Gasteiger partial charge in [-0.2, -0.15) is 0 Å². The number of carbonyl (C=O) groups is 2. The van der Waals surface area contributed by atoms with Crippen molar-refractivity contribution in [3.8, 4) is 5.75 Å². The second-order valence-electron chi connectivity index (χ2n) is 4.43. The fourth-order valence-electron chi connectivity index (χ4n) is 1.69. The summed E-state index contributed by atoms with van der Waals surface area (Å²) in [7, 11) is 0. The molecule has 2 aromatic carbocycles. The van der Waals surface area contributed by atoms with E-state index in [1.165, 1.54) is 6.92 Å². The van der Waals surface area contributed by atoms with E-state index in [4.69, 9.17) is 4.74 Å². The Kier molecular flexibility index (Phi) is 5.11. The number of hydrogen-bond acceptors (Lipinski definition) is 3. The zero-order chi connectivity index (χ0) is 15.2. The van der Waals surface area contributed by atoms with Crippen molar-refractivity contribution in [2.24, 2.45) is 0 Å². The highest BCUT2D eigenvalue weighted by Crippen LogP contribution is 2.17. The summed E-state index contributed by atoms with van der Waals surface area (Å²) in [6.45, 7) is 1.42. The molecule has 0 saturated carbocycles. The lowest BCUT2D eigenvalue weighted by Gasteiger charge is -2.08. The van der Waals surface area contributed by atoms with Crippen LogP contribution in [0.1, 0.15) is 17.3 Å². The van der Waals surface area contributed by atoms with Crippen molar-refractivity contribution in [3.63, 3.8) is 0 Å². The average Bonchev–Trinajstić information content (AvgIpc) is 2.46. The van der Waals surface area contributed by atoms with Crippen LogP contribution in [0, 0.1) is 0 Å². The Morgan fingerprint density at radius 2 is 1.86 bits per heavy atom. The highest BCUT2D eigenvalue weighted by atomic mass is 79.9. The third kappa shape index (κ3) is 4.72. The number of hydrogen-bond donors (Lipinski definition) is 1. The fourth-order valence-corrected chi connectivity index (χ4v) is 2.07. The molecular formula is C16H14BrNO3. The molecule has 0 saturated heterocycles. The quantitative estimate of drug-likeness (QED) is 0.839. The van der Waals surface area contributed by atoms with Crippen LogP contribution in [0.15, 0.2) is 53.0 Å². The van der Waals surface area contributed by atoms with Crippen molar-refractivity contribution >= 4 is 33.3 Å². The Morgan fingerprint density at radius 3 is 2.48 bits per heavy atom. The number of amides is 1. The van der Waals surface area contributed by atoms with Gasteiger partial charge in [-0.3, -0.25) is 9.59 Å². The van der Waals surface area contributed by atoms with E-state index in [9.17, 15) is 9.59 Å². The Bertz CT molecular complexity index is 653. The lowest BCUT2D eigenvalue weighted by atomic mass is 10.1. The molecule has 0 aliphatic carbocycles. The number of carbonyl (C=O) groups excluding carboxylic acids is 2. The smallest absolute Gasteiger partial charge is 0.262 e. The summed E-state index contributed by atoms with van der Waals surface area (Å²) in [4.78, 5) is 22.9. The number of anilines is 1. The predicted molar refractivity (Wildman–Crippen MR) is 84.7 cm³/mol. The minimum absolute atomic E-state index is 0.00846. The molecule has 0 fully saturated rings. The van der Waals surface area contributed by atoms with Gasteiger partial charge in [0.1, 0.15) is 5.75 Å². The lowest BCUT2D eigenvalue weighted by molar-refractivity contribution is -0.118. The van der Waals surface area contributed by atoms with E-state index in [1.54, 1.807) is 36.4 Å². The van der Waals surface area contributed by atoms with Gasteiger partial charge in [0.25, 0.3) is 5.91 Å². The summed E-state index contributed by atoms with van der Waals surface area (Å²) in [5.74, 6) is 0.350. The Labute approximate surface area is 131 Å². The van der Waals surface area contributed by atoms with Gasteiger partial charge in [-0.05, 0) is 49.4 Å². The monoisotopic (exact) mass is 347 g/mol. The molecule has 0 unspecified atom stereocenters. The number of benzene rings is 2. The second kappa shape index (κ2) is 7.04. The van der Waals surface area contributed by atoms with Gasteiger partial charge in [0, 0.05) is 15.7 Å². The zero-order valence-corrected chi connectivity index (χ0v) is 13.0. The van der Waals surface area contributed by atoms with Crippen molar-refractivity contribution < 1.29 is 14.3 Å². The summed E-state index contributed by atoms with van der Waals surface area (Å²) in [5, 5.41) is 2.71. The van der Waals surface area contributed by atoms with Gasteiger partial charge in [0.05, 0.1) is 0 Å². The van der Waals surface area contributed by atoms with Gasteiger partial charge in [0.15, 0.2) is 12.4 Å². The van der Waals surface area contributed by atoms with E-state index in [2.05, 4.69) is 21.2 Å². The van der Waals surface area contributed by atoms with Gasteiger partial charge < -0.3 is 10.1 Å². The molecule has 0 radical (unpaired) electrons. The number of Topliss-reactive ketones (excluding diaryl/α,β-unsaturated/α-hetero) is 1. The highest BCUT2D eigenvalue weighted by molar-refractivity contribution is 9.10. The molecular weight excluding hydrogens is 334 g/mol. The van der Waals surface area contributed by atoms with Crippen molar-refractivity contribution in [2.75, 3.05) is 11.9 Å². The van der Waals surface area contributed by atoms with Gasteiger partial charge in [-0.25, -0.2) is 0 Å². The van der Waals surface area contributed by atoms with E-state index in [1.807, 2.05) is 12.1 Å². The normalized spacial score (nSPS) is 10.0. The summed E-state index contributed by atoms with van der Waals surface area (Å²) in [5.41, 5.74) is 1.24. The molecule has 0 aliphatic rings.